The Labute approximate surface area is 94.2 Å². The lowest BCUT2D eigenvalue weighted by Crippen LogP contribution is -2.34. The molecule has 0 N–H and O–H groups in total. The van der Waals surface area contributed by atoms with Crippen LogP contribution in [0, 0.1) is 5.92 Å². The molecule has 0 aliphatic heterocycles. The van der Waals surface area contributed by atoms with Crippen molar-refractivity contribution in [2.75, 3.05) is 13.6 Å². The number of hydrogen-bond donors (Lipinski definition) is 0. The molecule has 3 heteroatoms. The number of carbonyl (C=O) groups excluding carboxylic acids is 1. The minimum atomic E-state index is 0.316. The molecule has 1 amide bonds. The summed E-state index contributed by atoms with van der Waals surface area (Å²) in [6.07, 6.45) is 4.62. The summed E-state index contributed by atoms with van der Waals surface area (Å²) in [5.41, 5.74) is 0. The van der Waals surface area contributed by atoms with Crippen LogP contribution in [0.15, 0.2) is 0 Å². The van der Waals surface area contributed by atoms with E-state index in [1.54, 1.807) is 0 Å². The minimum absolute atomic E-state index is 0.316. The highest BCUT2D eigenvalue weighted by Gasteiger charge is 2.26. The number of halogens is 1. The maximum absolute atomic E-state index is 11.8. The molecule has 0 aromatic carbocycles. The zero-order valence-electron chi connectivity index (χ0n) is 8.42. The van der Waals surface area contributed by atoms with E-state index in [0.717, 1.165) is 23.3 Å². The van der Waals surface area contributed by atoms with Crippen molar-refractivity contribution < 1.29 is 4.79 Å². The molecule has 1 fully saturated rings. The predicted molar refractivity (Wildman–Crippen MR) is 63.1 cm³/mol. The van der Waals surface area contributed by atoms with Gasteiger partial charge in [0, 0.05) is 23.4 Å². The molecule has 2 nitrogen and oxygen atoms in total. The lowest BCUT2D eigenvalue weighted by molar-refractivity contribution is -0.134. The molecule has 13 heavy (non-hydrogen) atoms. The first-order valence-electron chi connectivity index (χ1n) is 5.04. The summed E-state index contributed by atoms with van der Waals surface area (Å²) >= 11 is 2.49. The normalized spacial score (nSPS) is 28.5. The summed E-state index contributed by atoms with van der Waals surface area (Å²) < 4.78 is 0.800. The first kappa shape index (κ1) is 11.3. The zero-order valence-corrected chi connectivity index (χ0v) is 10.6. The summed E-state index contributed by atoms with van der Waals surface area (Å²) in [6, 6.07) is 0. The minimum Gasteiger partial charge on any atom is -0.346 e. The van der Waals surface area contributed by atoms with Crippen molar-refractivity contribution in [2.45, 2.75) is 36.5 Å². The average molecular weight is 295 g/mol. The van der Waals surface area contributed by atoms with Crippen LogP contribution in [-0.4, -0.2) is 28.3 Å². The summed E-state index contributed by atoms with van der Waals surface area (Å²) in [7, 11) is 1.90. The molecule has 0 heterocycles. The fraction of sp³-hybridized carbons (Fsp3) is 0.900. The Hall–Kier alpha value is 0.200. The average Bonchev–Trinajstić information content (AvgIpc) is 2.17. The SMILES string of the molecule is CCN(C)C(=O)[C@H]1CC[C@H](I)CC1. The highest BCUT2D eigenvalue weighted by Crippen LogP contribution is 2.29. The molecule has 0 radical (unpaired) electrons. The standard InChI is InChI=1S/C10H18INO/c1-3-12(2)10(13)8-4-6-9(11)7-5-8/h8-9H,3-7H2,1-2H3/t8-,9-. The van der Waals surface area contributed by atoms with Gasteiger partial charge >= 0.3 is 0 Å². The van der Waals surface area contributed by atoms with E-state index in [2.05, 4.69) is 22.6 Å². The smallest absolute Gasteiger partial charge is 0.225 e. The molecule has 76 valence electrons. The monoisotopic (exact) mass is 295 g/mol. The third-order valence-electron chi connectivity index (χ3n) is 2.86. The summed E-state index contributed by atoms with van der Waals surface area (Å²) in [4.78, 5) is 13.6. The highest BCUT2D eigenvalue weighted by atomic mass is 127. The van der Waals surface area contributed by atoms with Crippen LogP contribution in [0.4, 0.5) is 0 Å². The van der Waals surface area contributed by atoms with Crippen LogP contribution in [0.25, 0.3) is 0 Å². The molecule has 1 rings (SSSR count). The molecule has 1 aliphatic rings. The molecule has 1 aliphatic carbocycles. The van der Waals surface area contributed by atoms with Crippen molar-refractivity contribution in [2.24, 2.45) is 5.92 Å². The van der Waals surface area contributed by atoms with Crippen molar-refractivity contribution in [1.82, 2.24) is 4.90 Å². The van der Waals surface area contributed by atoms with E-state index in [9.17, 15) is 4.79 Å². The summed E-state index contributed by atoms with van der Waals surface area (Å²) in [5.74, 6) is 0.668. The third-order valence-corrected chi connectivity index (χ3v) is 4.10. The van der Waals surface area contributed by atoms with E-state index in [-0.39, 0.29) is 0 Å². The Morgan fingerprint density at radius 3 is 2.38 bits per heavy atom. The summed E-state index contributed by atoms with van der Waals surface area (Å²) in [5, 5.41) is 0. The van der Waals surface area contributed by atoms with Gasteiger partial charge in [0.15, 0.2) is 0 Å². The van der Waals surface area contributed by atoms with Crippen molar-refractivity contribution in [3.05, 3.63) is 0 Å². The lowest BCUT2D eigenvalue weighted by Gasteiger charge is -2.27. The molecule has 0 spiro atoms. The van der Waals surface area contributed by atoms with Crippen molar-refractivity contribution in [3.63, 3.8) is 0 Å². The first-order chi connectivity index (χ1) is 6.15. The Morgan fingerprint density at radius 1 is 1.38 bits per heavy atom. The van der Waals surface area contributed by atoms with E-state index < -0.39 is 0 Å². The van der Waals surface area contributed by atoms with Crippen LogP contribution in [0.1, 0.15) is 32.6 Å². The van der Waals surface area contributed by atoms with E-state index in [0.29, 0.717) is 11.8 Å². The molecule has 0 bridgehead atoms. The topological polar surface area (TPSA) is 20.3 Å². The number of amides is 1. The molecule has 0 unspecified atom stereocenters. The number of carbonyl (C=O) groups is 1. The van der Waals surface area contributed by atoms with Crippen LogP contribution in [-0.2, 0) is 4.79 Å². The molecule has 0 atom stereocenters. The second kappa shape index (κ2) is 5.17. The number of nitrogens with zero attached hydrogens (tertiary/aromatic N) is 1. The Balaban J connectivity index is 2.40. The maximum Gasteiger partial charge on any atom is 0.225 e. The van der Waals surface area contributed by atoms with Crippen LogP contribution < -0.4 is 0 Å². The molecule has 0 aromatic heterocycles. The van der Waals surface area contributed by atoms with Gasteiger partial charge < -0.3 is 4.90 Å². The first-order valence-corrected chi connectivity index (χ1v) is 6.28. The quantitative estimate of drug-likeness (QED) is 0.566. The third kappa shape index (κ3) is 3.11. The second-order valence-electron chi connectivity index (χ2n) is 3.80. The van der Waals surface area contributed by atoms with Crippen molar-refractivity contribution >= 4 is 28.5 Å². The van der Waals surface area contributed by atoms with Crippen molar-refractivity contribution in [3.8, 4) is 0 Å². The van der Waals surface area contributed by atoms with E-state index >= 15 is 0 Å². The Kier molecular flexibility index (Phi) is 4.49. The van der Waals surface area contributed by atoms with Gasteiger partial charge in [0.1, 0.15) is 0 Å². The molecule has 0 aromatic rings. The van der Waals surface area contributed by atoms with Crippen LogP contribution in [0.5, 0.6) is 0 Å². The number of alkyl halides is 1. The number of rotatable bonds is 2. The summed E-state index contributed by atoms with van der Waals surface area (Å²) in [6.45, 7) is 2.87. The van der Waals surface area contributed by atoms with Crippen molar-refractivity contribution in [1.29, 1.82) is 0 Å². The second-order valence-corrected chi connectivity index (χ2v) is 5.56. The van der Waals surface area contributed by atoms with Gasteiger partial charge in [-0.05, 0) is 32.6 Å². The van der Waals surface area contributed by atoms with Gasteiger partial charge in [0.25, 0.3) is 0 Å². The van der Waals surface area contributed by atoms with E-state index in [1.165, 1.54) is 12.8 Å². The fourth-order valence-electron chi connectivity index (χ4n) is 1.77. The van der Waals surface area contributed by atoms with Crippen LogP contribution >= 0.6 is 22.6 Å². The van der Waals surface area contributed by atoms with Gasteiger partial charge in [-0.1, -0.05) is 22.6 Å². The molecule has 1 saturated carbocycles. The Morgan fingerprint density at radius 2 is 1.92 bits per heavy atom. The molecular weight excluding hydrogens is 277 g/mol. The Bertz CT molecular complexity index is 176. The largest absolute Gasteiger partial charge is 0.346 e. The van der Waals surface area contributed by atoms with Gasteiger partial charge in [-0.25, -0.2) is 0 Å². The van der Waals surface area contributed by atoms with Gasteiger partial charge in [-0.2, -0.15) is 0 Å². The van der Waals surface area contributed by atoms with Gasteiger partial charge in [-0.15, -0.1) is 0 Å². The van der Waals surface area contributed by atoms with Gasteiger partial charge in [0.2, 0.25) is 5.91 Å². The zero-order chi connectivity index (χ0) is 9.84. The number of hydrogen-bond acceptors (Lipinski definition) is 1. The maximum atomic E-state index is 11.8. The van der Waals surface area contributed by atoms with E-state index in [4.69, 9.17) is 0 Å². The van der Waals surface area contributed by atoms with E-state index in [1.807, 2.05) is 18.9 Å². The highest BCUT2D eigenvalue weighted by molar-refractivity contribution is 14.1. The van der Waals surface area contributed by atoms with Gasteiger partial charge in [0.05, 0.1) is 0 Å². The molecule has 0 saturated heterocycles. The molecular formula is C10H18INO. The fourth-order valence-corrected chi connectivity index (χ4v) is 2.49. The predicted octanol–water partition coefficient (Wildman–Crippen LogP) is 2.46. The van der Waals surface area contributed by atoms with Gasteiger partial charge in [-0.3, -0.25) is 4.79 Å². The lowest BCUT2D eigenvalue weighted by atomic mass is 9.88. The van der Waals surface area contributed by atoms with Crippen LogP contribution in [0.2, 0.25) is 0 Å². The van der Waals surface area contributed by atoms with Crippen LogP contribution in [0.3, 0.4) is 0 Å².